The number of hydrogen-bond acceptors (Lipinski definition) is 2. The first kappa shape index (κ1) is 16.9. The van der Waals surface area contributed by atoms with Crippen molar-refractivity contribution < 1.29 is 9.53 Å². The number of carbonyl (C=O) groups is 1. The van der Waals surface area contributed by atoms with E-state index < -0.39 is 5.60 Å². The van der Waals surface area contributed by atoms with E-state index in [0.717, 1.165) is 6.42 Å². The number of hydrogen-bond donors (Lipinski definition) is 0. The molecule has 0 spiro atoms. The molecule has 0 rings (SSSR count). The summed E-state index contributed by atoms with van der Waals surface area (Å²) in [5, 5.41) is 0. The van der Waals surface area contributed by atoms with E-state index in [9.17, 15) is 4.79 Å². The molecule has 11 heavy (non-hydrogen) atoms. The largest absolute Gasteiger partial charge is 0.371 e. The summed E-state index contributed by atoms with van der Waals surface area (Å²) in [6.07, 6.45) is 0.735. The molecule has 0 aromatic carbocycles. The molecule has 1 unspecified atom stereocenters. The third-order valence-corrected chi connectivity index (χ3v) is 1.87. The van der Waals surface area contributed by atoms with Crippen molar-refractivity contribution in [2.75, 3.05) is 7.11 Å². The summed E-state index contributed by atoms with van der Waals surface area (Å²) in [6, 6.07) is 0. The fourth-order valence-electron chi connectivity index (χ4n) is 0.537. The predicted octanol–water partition coefficient (Wildman–Crippen LogP) is 2.66. The number of ketones is 1. The van der Waals surface area contributed by atoms with Crippen molar-refractivity contribution in [2.45, 2.75) is 47.6 Å². The molecule has 0 saturated carbocycles. The minimum atomic E-state index is -0.556. The Morgan fingerprint density at radius 1 is 1.45 bits per heavy atom. The minimum Gasteiger partial charge on any atom is -0.371 e. The van der Waals surface area contributed by atoms with Crippen molar-refractivity contribution in [1.29, 1.82) is 0 Å². The Morgan fingerprint density at radius 2 is 1.82 bits per heavy atom. The molecule has 0 saturated heterocycles. The Balaban J connectivity index is -0.000000320. The molecule has 2 nitrogen and oxygen atoms in total. The lowest BCUT2D eigenvalue weighted by atomic mass is 9.99. The summed E-state index contributed by atoms with van der Waals surface area (Å²) in [5.74, 6) is 0.0903. The first-order chi connectivity index (χ1) is 4.06. The van der Waals surface area contributed by atoms with Gasteiger partial charge < -0.3 is 4.74 Å². The molecule has 0 aromatic rings. The number of ether oxygens (including phenoxy) is 1. The smallest absolute Gasteiger partial charge is 0.161 e. The zero-order chi connectivity index (χ0) is 7.49. The Kier molecular flexibility index (Phi) is 9.77. The van der Waals surface area contributed by atoms with Gasteiger partial charge in [-0.3, -0.25) is 4.79 Å². The van der Waals surface area contributed by atoms with Crippen LogP contribution < -0.4 is 0 Å². The molecule has 0 aliphatic heterocycles. The summed E-state index contributed by atoms with van der Waals surface area (Å²) in [4.78, 5) is 10.8. The van der Waals surface area contributed by atoms with Crippen molar-refractivity contribution in [3.05, 3.63) is 0 Å². The van der Waals surface area contributed by atoms with Crippen molar-refractivity contribution in [3.63, 3.8) is 0 Å². The van der Waals surface area contributed by atoms with Crippen molar-refractivity contribution >= 4 is 5.78 Å². The van der Waals surface area contributed by atoms with Gasteiger partial charge in [-0.1, -0.05) is 21.8 Å². The lowest BCUT2D eigenvalue weighted by Gasteiger charge is -2.22. The Labute approximate surface area is 70.9 Å². The number of Topliss-reactive ketones (excluding diaryl/α,β-unsaturated/α-hetero) is 1. The highest BCUT2D eigenvalue weighted by atomic mass is 16.5. The van der Waals surface area contributed by atoms with E-state index in [0.29, 0.717) is 0 Å². The van der Waals surface area contributed by atoms with E-state index in [2.05, 4.69) is 0 Å². The number of rotatable bonds is 3. The van der Waals surface area contributed by atoms with E-state index in [4.69, 9.17) is 4.74 Å². The topological polar surface area (TPSA) is 26.3 Å². The molecule has 2 heteroatoms. The van der Waals surface area contributed by atoms with Gasteiger partial charge in [0.15, 0.2) is 5.78 Å². The molecule has 0 N–H and O–H groups in total. The van der Waals surface area contributed by atoms with Gasteiger partial charge in [-0.15, -0.1) is 0 Å². The molecule has 0 aromatic heterocycles. The average Bonchev–Trinajstić information content (AvgIpc) is 1.86. The molecule has 0 fully saturated rings. The highest BCUT2D eigenvalue weighted by molar-refractivity contribution is 5.84. The number of carbonyl (C=O) groups excluding carboxylic acids is 1. The van der Waals surface area contributed by atoms with Crippen LogP contribution in [0.1, 0.15) is 42.0 Å². The molecule has 0 amide bonds. The van der Waals surface area contributed by atoms with Crippen molar-refractivity contribution in [1.82, 2.24) is 0 Å². The van der Waals surface area contributed by atoms with Gasteiger partial charge in [0, 0.05) is 7.11 Å². The number of methoxy groups -OCH3 is 1. The Bertz CT molecular complexity index is 104. The maximum Gasteiger partial charge on any atom is 0.161 e. The molecule has 70 valence electrons. The lowest BCUT2D eigenvalue weighted by molar-refractivity contribution is -0.136. The maximum absolute atomic E-state index is 10.8. The molecular formula is C9H22O2. The molecule has 0 aliphatic rings. The minimum absolute atomic E-state index is 0. The van der Waals surface area contributed by atoms with Crippen LogP contribution in [-0.2, 0) is 9.53 Å². The van der Waals surface area contributed by atoms with E-state index >= 15 is 0 Å². The van der Waals surface area contributed by atoms with Gasteiger partial charge in [0.25, 0.3) is 0 Å². The third-order valence-electron chi connectivity index (χ3n) is 1.87. The second-order valence-corrected chi connectivity index (χ2v) is 2.34. The van der Waals surface area contributed by atoms with Crippen LogP contribution in [0.4, 0.5) is 0 Å². The van der Waals surface area contributed by atoms with Gasteiger partial charge in [-0.2, -0.15) is 0 Å². The third kappa shape index (κ3) is 4.14. The van der Waals surface area contributed by atoms with Crippen LogP contribution in [0.3, 0.4) is 0 Å². The molecular weight excluding hydrogens is 140 g/mol. The zero-order valence-corrected chi connectivity index (χ0v) is 6.52. The Hall–Kier alpha value is -0.370. The van der Waals surface area contributed by atoms with E-state index in [1.807, 2.05) is 6.92 Å². The van der Waals surface area contributed by atoms with Crippen LogP contribution in [0.5, 0.6) is 0 Å². The van der Waals surface area contributed by atoms with Crippen LogP contribution in [0.2, 0.25) is 0 Å². The summed E-state index contributed by atoms with van der Waals surface area (Å²) in [7, 11) is 1.56. The van der Waals surface area contributed by atoms with Crippen LogP contribution >= 0.6 is 0 Å². The highest BCUT2D eigenvalue weighted by Crippen LogP contribution is 2.13. The van der Waals surface area contributed by atoms with Gasteiger partial charge in [0.05, 0.1) is 0 Å². The second-order valence-electron chi connectivity index (χ2n) is 2.34. The van der Waals surface area contributed by atoms with Gasteiger partial charge in [0.1, 0.15) is 5.60 Å². The molecule has 0 bridgehead atoms. The van der Waals surface area contributed by atoms with E-state index in [1.165, 1.54) is 0 Å². The van der Waals surface area contributed by atoms with Crippen LogP contribution in [-0.4, -0.2) is 18.5 Å². The second kappa shape index (κ2) is 6.35. The summed E-state index contributed by atoms with van der Waals surface area (Å²) < 4.78 is 5.00. The normalized spacial score (nSPS) is 13.8. The summed E-state index contributed by atoms with van der Waals surface area (Å²) in [6.45, 7) is 5.28. The molecule has 1 atom stereocenters. The standard InChI is InChI=1S/C7H14O2.2CH4/c1-5-7(3,9-4)6(2)8;;/h5H2,1-4H3;2*1H4. The average molecular weight is 162 g/mol. The monoisotopic (exact) mass is 162 g/mol. The van der Waals surface area contributed by atoms with Gasteiger partial charge in [-0.25, -0.2) is 0 Å². The quantitative estimate of drug-likeness (QED) is 0.637. The molecule has 0 radical (unpaired) electrons. The summed E-state index contributed by atoms with van der Waals surface area (Å²) in [5.41, 5.74) is -0.556. The predicted molar refractivity (Wildman–Crippen MR) is 49.8 cm³/mol. The van der Waals surface area contributed by atoms with Gasteiger partial charge in [0.2, 0.25) is 0 Å². The van der Waals surface area contributed by atoms with E-state index in [-0.39, 0.29) is 20.6 Å². The van der Waals surface area contributed by atoms with Crippen LogP contribution in [0.25, 0.3) is 0 Å². The first-order valence-corrected chi connectivity index (χ1v) is 3.13. The van der Waals surface area contributed by atoms with Crippen LogP contribution in [0, 0.1) is 0 Å². The fraction of sp³-hybridized carbons (Fsp3) is 0.889. The first-order valence-electron chi connectivity index (χ1n) is 3.13. The van der Waals surface area contributed by atoms with Gasteiger partial charge in [-0.05, 0) is 20.3 Å². The molecule has 0 heterocycles. The van der Waals surface area contributed by atoms with Crippen LogP contribution in [0.15, 0.2) is 0 Å². The van der Waals surface area contributed by atoms with Crippen molar-refractivity contribution in [2.24, 2.45) is 0 Å². The lowest BCUT2D eigenvalue weighted by Crippen LogP contribution is -2.34. The van der Waals surface area contributed by atoms with E-state index in [1.54, 1.807) is 21.0 Å². The Morgan fingerprint density at radius 3 is 1.82 bits per heavy atom. The highest BCUT2D eigenvalue weighted by Gasteiger charge is 2.26. The molecule has 0 aliphatic carbocycles. The SMILES string of the molecule is C.C.CCC(C)(OC)C(C)=O. The fourth-order valence-corrected chi connectivity index (χ4v) is 0.537. The van der Waals surface area contributed by atoms with Gasteiger partial charge >= 0.3 is 0 Å². The maximum atomic E-state index is 10.8. The zero-order valence-electron chi connectivity index (χ0n) is 6.52. The van der Waals surface area contributed by atoms with Crippen molar-refractivity contribution in [3.8, 4) is 0 Å². The summed E-state index contributed by atoms with van der Waals surface area (Å²) >= 11 is 0.